The molecule has 8 nitrogen and oxygen atoms in total. The van der Waals surface area contributed by atoms with Crippen molar-refractivity contribution in [1.29, 1.82) is 0 Å². The van der Waals surface area contributed by atoms with Crippen LogP contribution in [0.4, 0.5) is 0 Å². The number of imidazole rings is 1. The molecule has 190 valence electrons. The van der Waals surface area contributed by atoms with E-state index >= 15 is 0 Å². The molecular formula is C29H30N4O4. The summed E-state index contributed by atoms with van der Waals surface area (Å²) in [5.74, 6) is 1.09. The maximum absolute atomic E-state index is 13.2. The van der Waals surface area contributed by atoms with Gasteiger partial charge in [0.25, 0.3) is 5.91 Å². The average molecular weight is 499 g/mol. The first-order valence-corrected chi connectivity index (χ1v) is 12.5. The van der Waals surface area contributed by atoms with Gasteiger partial charge in [-0.15, -0.1) is 0 Å². The van der Waals surface area contributed by atoms with Gasteiger partial charge in [-0.25, -0.2) is 9.78 Å². The van der Waals surface area contributed by atoms with Crippen LogP contribution in [0.2, 0.25) is 0 Å². The summed E-state index contributed by atoms with van der Waals surface area (Å²) < 4.78 is 10.5. The number of esters is 1. The van der Waals surface area contributed by atoms with Crippen molar-refractivity contribution >= 4 is 22.9 Å². The van der Waals surface area contributed by atoms with E-state index < -0.39 is 0 Å². The number of piperazine rings is 1. The van der Waals surface area contributed by atoms with Crippen LogP contribution in [-0.4, -0.2) is 71.0 Å². The molecule has 1 aliphatic rings. The lowest BCUT2D eigenvalue weighted by atomic mass is 10.1. The Kier molecular flexibility index (Phi) is 7.46. The number of nitrogens with zero attached hydrogens (tertiary/aromatic N) is 3. The summed E-state index contributed by atoms with van der Waals surface area (Å²) in [5.41, 5.74) is 4.47. The standard InChI is InChI=1S/C29H30N4O4/c1-2-36-27(34)20-37-24-10-6-7-21(17-24)19-32-13-15-33(16-14-32)29(35)23-11-12-25-26(18-23)31-28(30-25)22-8-4-3-5-9-22/h3-12,17-18H,2,13-16,19-20H2,1H3,(H,30,31). The van der Waals surface area contributed by atoms with Gasteiger partial charge in [-0.3, -0.25) is 9.69 Å². The summed E-state index contributed by atoms with van der Waals surface area (Å²) in [6.45, 7) is 5.64. The molecule has 1 fully saturated rings. The Morgan fingerprint density at radius 1 is 0.946 bits per heavy atom. The number of nitrogens with one attached hydrogen (secondary N) is 1. The lowest BCUT2D eigenvalue weighted by Gasteiger charge is -2.34. The fourth-order valence-corrected chi connectivity index (χ4v) is 4.50. The zero-order chi connectivity index (χ0) is 25.6. The summed E-state index contributed by atoms with van der Waals surface area (Å²) in [7, 11) is 0. The number of H-pyrrole nitrogens is 1. The van der Waals surface area contributed by atoms with E-state index in [0.29, 0.717) is 31.0 Å². The number of carbonyl (C=O) groups excluding carboxylic acids is 2. The Bertz CT molecular complexity index is 1380. The minimum absolute atomic E-state index is 0.0340. The van der Waals surface area contributed by atoms with E-state index in [4.69, 9.17) is 9.47 Å². The predicted octanol–water partition coefficient (Wildman–Crippen LogP) is 4.13. The molecule has 37 heavy (non-hydrogen) atoms. The maximum Gasteiger partial charge on any atom is 0.344 e. The van der Waals surface area contributed by atoms with Crippen LogP contribution in [0.15, 0.2) is 72.8 Å². The summed E-state index contributed by atoms with van der Waals surface area (Å²) >= 11 is 0. The molecule has 4 aromatic rings. The van der Waals surface area contributed by atoms with Crippen LogP contribution in [0.3, 0.4) is 0 Å². The molecule has 1 aromatic heterocycles. The van der Waals surface area contributed by atoms with Crippen LogP contribution >= 0.6 is 0 Å². The number of ether oxygens (including phenoxy) is 2. The van der Waals surface area contributed by atoms with Crippen molar-refractivity contribution in [2.45, 2.75) is 13.5 Å². The van der Waals surface area contributed by atoms with Crippen LogP contribution in [0, 0.1) is 0 Å². The highest BCUT2D eigenvalue weighted by Crippen LogP contribution is 2.22. The summed E-state index contributed by atoms with van der Waals surface area (Å²) in [5, 5.41) is 0. The second kappa shape index (κ2) is 11.3. The lowest BCUT2D eigenvalue weighted by molar-refractivity contribution is -0.145. The molecule has 0 saturated carbocycles. The van der Waals surface area contributed by atoms with Crippen LogP contribution in [-0.2, 0) is 16.1 Å². The van der Waals surface area contributed by atoms with Crippen molar-refractivity contribution in [3.63, 3.8) is 0 Å². The van der Waals surface area contributed by atoms with E-state index in [1.54, 1.807) is 6.92 Å². The van der Waals surface area contributed by atoms with Gasteiger partial charge in [0.1, 0.15) is 11.6 Å². The quantitative estimate of drug-likeness (QED) is 0.368. The molecule has 3 aromatic carbocycles. The Morgan fingerprint density at radius 3 is 2.54 bits per heavy atom. The number of rotatable bonds is 8. The third-order valence-corrected chi connectivity index (χ3v) is 6.40. The van der Waals surface area contributed by atoms with Crippen molar-refractivity contribution in [3.05, 3.63) is 83.9 Å². The molecule has 0 radical (unpaired) electrons. The van der Waals surface area contributed by atoms with E-state index in [2.05, 4.69) is 14.9 Å². The van der Waals surface area contributed by atoms with Crippen LogP contribution < -0.4 is 4.74 Å². The summed E-state index contributed by atoms with van der Waals surface area (Å²) in [6.07, 6.45) is 0. The molecule has 1 amide bonds. The van der Waals surface area contributed by atoms with Crippen LogP contribution in [0.25, 0.3) is 22.4 Å². The van der Waals surface area contributed by atoms with Gasteiger partial charge in [-0.2, -0.15) is 0 Å². The second-order valence-corrected chi connectivity index (χ2v) is 8.99. The maximum atomic E-state index is 13.2. The van der Waals surface area contributed by atoms with E-state index in [9.17, 15) is 9.59 Å². The summed E-state index contributed by atoms with van der Waals surface area (Å²) in [4.78, 5) is 37.0. The van der Waals surface area contributed by atoms with Gasteiger partial charge in [0.2, 0.25) is 0 Å². The number of amides is 1. The molecule has 2 heterocycles. The highest BCUT2D eigenvalue weighted by Gasteiger charge is 2.23. The molecule has 0 aliphatic carbocycles. The largest absolute Gasteiger partial charge is 0.482 e. The minimum atomic E-state index is -0.378. The molecule has 1 saturated heterocycles. The first kappa shape index (κ1) is 24.5. The number of hydrogen-bond donors (Lipinski definition) is 1. The Hall–Kier alpha value is -4.17. The molecule has 1 N–H and O–H groups in total. The minimum Gasteiger partial charge on any atom is -0.482 e. The Labute approximate surface area is 215 Å². The lowest BCUT2D eigenvalue weighted by Crippen LogP contribution is -2.48. The van der Waals surface area contributed by atoms with E-state index in [-0.39, 0.29) is 18.5 Å². The van der Waals surface area contributed by atoms with Crippen LogP contribution in [0.1, 0.15) is 22.8 Å². The van der Waals surface area contributed by atoms with Gasteiger partial charge in [0, 0.05) is 43.9 Å². The highest BCUT2D eigenvalue weighted by molar-refractivity contribution is 5.97. The molecule has 0 atom stereocenters. The van der Waals surface area contributed by atoms with E-state index in [1.165, 1.54) is 0 Å². The molecule has 0 bridgehead atoms. The molecule has 8 heteroatoms. The molecular weight excluding hydrogens is 468 g/mol. The van der Waals surface area contributed by atoms with Gasteiger partial charge in [-0.05, 0) is 42.8 Å². The van der Waals surface area contributed by atoms with Crippen molar-refractivity contribution in [1.82, 2.24) is 19.8 Å². The number of fused-ring (bicyclic) bond motifs is 1. The number of aromatic amines is 1. The summed E-state index contributed by atoms with van der Waals surface area (Å²) in [6, 6.07) is 23.3. The first-order chi connectivity index (χ1) is 18.1. The smallest absolute Gasteiger partial charge is 0.344 e. The fourth-order valence-electron chi connectivity index (χ4n) is 4.50. The van der Waals surface area contributed by atoms with Gasteiger partial charge in [0.05, 0.1) is 17.6 Å². The fraction of sp³-hybridized carbons (Fsp3) is 0.276. The molecule has 0 spiro atoms. The number of benzene rings is 3. The van der Waals surface area contributed by atoms with Crippen molar-refractivity contribution in [2.75, 3.05) is 39.4 Å². The third-order valence-electron chi connectivity index (χ3n) is 6.40. The van der Waals surface area contributed by atoms with Gasteiger partial charge >= 0.3 is 5.97 Å². The predicted molar refractivity (Wildman–Crippen MR) is 141 cm³/mol. The third kappa shape index (κ3) is 5.98. The zero-order valence-electron chi connectivity index (χ0n) is 20.9. The van der Waals surface area contributed by atoms with Gasteiger partial charge in [0.15, 0.2) is 6.61 Å². The molecule has 5 rings (SSSR count). The number of aromatic nitrogens is 2. The molecule has 1 aliphatic heterocycles. The van der Waals surface area contributed by atoms with E-state index in [1.807, 2.05) is 77.7 Å². The van der Waals surface area contributed by atoms with Crippen molar-refractivity contribution < 1.29 is 19.1 Å². The van der Waals surface area contributed by atoms with Crippen molar-refractivity contribution in [2.24, 2.45) is 0 Å². The normalized spacial score (nSPS) is 14.0. The number of carbonyl (C=O) groups is 2. The number of hydrogen-bond acceptors (Lipinski definition) is 6. The van der Waals surface area contributed by atoms with Crippen molar-refractivity contribution in [3.8, 4) is 17.1 Å². The highest BCUT2D eigenvalue weighted by atomic mass is 16.6. The average Bonchev–Trinajstić information content (AvgIpc) is 3.37. The Morgan fingerprint density at radius 2 is 1.76 bits per heavy atom. The second-order valence-electron chi connectivity index (χ2n) is 8.99. The first-order valence-electron chi connectivity index (χ1n) is 12.5. The van der Waals surface area contributed by atoms with Gasteiger partial charge in [-0.1, -0.05) is 42.5 Å². The van der Waals surface area contributed by atoms with E-state index in [0.717, 1.165) is 47.6 Å². The SMILES string of the molecule is CCOC(=O)COc1cccc(CN2CCN(C(=O)c3ccc4nc(-c5ccccc5)[nH]c4c3)CC2)c1. The van der Waals surface area contributed by atoms with Gasteiger partial charge < -0.3 is 19.4 Å². The topological polar surface area (TPSA) is 87.8 Å². The Balaban J connectivity index is 1.17. The molecule has 0 unspecified atom stereocenters. The monoisotopic (exact) mass is 498 g/mol. The zero-order valence-corrected chi connectivity index (χ0v) is 20.9. The van der Waals surface area contributed by atoms with Crippen LogP contribution in [0.5, 0.6) is 5.75 Å².